The Morgan fingerprint density at radius 3 is 2.60 bits per heavy atom. The topological polar surface area (TPSA) is 35.5 Å². The van der Waals surface area contributed by atoms with Gasteiger partial charge >= 0.3 is 0 Å². The molecule has 104 valence electrons. The highest BCUT2D eigenvalue weighted by molar-refractivity contribution is 5.99. The first-order valence-corrected chi connectivity index (χ1v) is 6.65. The predicted octanol–water partition coefficient (Wildman–Crippen LogP) is 3.66. The van der Waals surface area contributed by atoms with E-state index in [0.717, 1.165) is 5.56 Å². The number of Topliss-reactive ketones (excluding diaryl/α,β-unsaturated/α-hetero) is 1. The van der Waals surface area contributed by atoms with Crippen LogP contribution >= 0.6 is 0 Å². The molecule has 0 aromatic heterocycles. The third kappa shape index (κ3) is 3.60. The summed E-state index contributed by atoms with van der Waals surface area (Å²) in [4.78, 5) is 12.2. The van der Waals surface area contributed by atoms with Gasteiger partial charge in [-0.05, 0) is 43.7 Å². The van der Waals surface area contributed by atoms with E-state index in [1.54, 1.807) is 12.1 Å². The first kappa shape index (κ1) is 14.1. The van der Waals surface area contributed by atoms with Crippen molar-refractivity contribution in [3.8, 4) is 11.5 Å². The lowest BCUT2D eigenvalue weighted by Crippen LogP contribution is -2.13. The summed E-state index contributed by atoms with van der Waals surface area (Å²) < 4.78 is 11.0. The number of hydrogen-bond acceptors (Lipinski definition) is 3. The van der Waals surface area contributed by atoms with Gasteiger partial charge in [0.05, 0.1) is 12.2 Å². The molecule has 2 aromatic rings. The van der Waals surface area contributed by atoms with E-state index in [9.17, 15) is 4.79 Å². The Morgan fingerprint density at radius 2 is 1.85 bits per heavy atom. The number of aryl methyl sites for hydroxylation is 1. The summed E-state index contributed by atoms with van der Waals surface area (Å²) in [5.41, 5.74) is 1.66. The molecule has 0 saturated carbocycles. The molecule has 0 radical (unpaired) electrons. The summed E-state index contributed by atoms with van der Waals surface area (Å²) in [7, 11) is 0. The van der Waals surface area contributed by atoms with Crippen molar-refractivity contribution >= 4 is 5.78 Å². The van der Waals surface area contributed by atoms with Crippen LogP contribution in [0.2, 0.25) is 0 Å². The van der Waals surface area contributed by atoms with Gasteiger partial charge in [0.15, 0.2) is 6.61 Å². The van der Waals surface area contributed by atoms with E-state index in [1.807, 2.05) is 50.2 Å². The minimum atomic E-state index is -0.0874. The molecule has 2 rings (SSSR count). The zero-order chi connectivity index (χ0) is 14.4. The van der Waals surface area contributed by atoms with Gasteiger partial charge < -0.3 is 9.47 Å². The fourth-order valence-electron chi connectivity index (χ4n) is 1.91. The summed E-state index contributed by atoms with van der Waals surface area (Å²) in [6.07, 6.45) is 0. The predicted molar refractivity (Wildman–Crippen MR) is 78.6 cm³/mol. The maximum Gasteiger partial charge on any atom is 0.203 e. The SMILES string of the molecule is CCOc1ccccc1C(=O)COc1cccc(C)c1. The Balaban J connectivity index is 2.05. The number of carbonyl (C=O) groups excluding carboxylic acids is 1. The van der Waals surface area contributed by atoms with Gasteiger partial charge in [-0.25, -0.2) is 0 Å². The van der Waals surface area contributed by atoms with Crippen LogP contribution < -0.4 is 9.47 Å². The van der Waals surface area contributed by atoms with Crippen LogP contribution in [0.15, 0.2) is 48.5 Å². The van der Waals surface area contributed by atoms with E-state index in [4.69, 9.17) is 9.47 Å². The van der Waals surface area contributed by atoms with Gasteiger partial charge in [-0.2, -0.15) is 0 Å². The number of hydrogen-bond donors (Lipinski definition) is 0. The number of carbonyl (C=O) groups is 1. The molecule has 0 bridgehead atoms. The summed E-state index contributed by atoms with van der Waals surface area (Å²) in [6.45, 7) is 4.42. The van der Waals surface area contributed by atoms with Gasteiger partial charge in [-0.3, -0.25) is 4.79 Å². The molecule has 0 fully saturated rings. The van der Waals surface area contributed by atoms with Gasteiger partial charge in [0.2, 0.25) is 5.78 Å². The van der Waals surface area contributed by atoms with Gasteiger partial charge in [-0.15, -0.1) is 0 Å². The third-order valence-electron chi connectivity index (χ3n) is 2.85. The molecule has 0 aliphatic heterocycles. The van der Waals surface area contributed by atoms with Gasteiger partial charge in [0.1, 0.15) is 11.5 Å². The molecule has 0 amide bonds. The second-order valence-electron chi connectivity index (χ2n) is 4.46. The van der Waals surface area contributed by atoms with Crippen LogP contribution in [0.4, 0.5) is 0 Å². The molecule has 0 saturated heterocycles. The fraction of sp³-hybridized carbons (Fsp3) is 0.235. The van der Waals surface area contributed by atoms with Crippen LogP contribution in [0.5, 0.6) is 11.5 Å². The van der Waals surface area contributed by atoms with Gasteiger partial charge in [-0.1, -0.05) is 24.3 Å². The quantitative estimate of drug-likeness (QED) is 0.751. The van der Waals surface area contributed by atoms with Crippen LogP contribution in [-0.2, 0) is 0 Å². The first-order chi connectivity index (χ1) is 9.70. The van der Waals surface area contributed by atoms with Gasteiger partial charge in [0, 0.05) is 0 Å². The number of benzene rings is 2. The van der Waals surface area contributed by atoms with Crippen LogP contribution in [-0.4, -0.2) is 19.0 Å². The van der Waals surface area contributed by atoms with Crippen molar-refractivity contribution in [2.24, 2.45) is 0 Å². The highest BCUT2D eigenvalue weighted by Gasteiger charge is 2.12. The molecule has 0 atom stereocenters. The average molecular weight is 270 g/mol. The first-order valence-electron chi connectivity index (χ1n) is 6.65. The second kappa shape index (κ2) is 6.75. The molecule has 0 spiro atoms. The second-order valence-corrected chi connectivity index (χ2v) is 4.46. The fourth-order valence-corrected chi connectivity index (χ4v) is 1.91. The van der Waals surface area contributed by atoms with Crippen LogP contribution in [0.3, 0.4) is 0 Å². The number of rotatable bonds is 6. The Bertz CT molecular complexity index is 590. The summed E-state index contributed by atoms with van der Waals surface area (Å²) in [5.74, 6) is 1.22. The lowest BCUT2D eigenvalue weighted by molar-refractivity contribution is 0.0917. The minimum Gasteiger partial charge on any atom is -0.493 e. The molecule has 0 heterocycles. The lowest BCUT2D eigenvalue weighted by atomic mass is 10.1. The third-order valence-corrected chi connectivity index (χ3v) is 2.85. The molecule has 3 nitrogen and oxygen atoms in total. The molecule has 2 aromatic carbocycles. The van der Waals surface area contributed by atoms with Crippen LogP contribution in [0, 0.1) is 6.92 Å². The molecule has 20 heavy (non-hydrogen) atoms. The van der Waals surface area contributed by atoms with Crippen molar-refractivity contribution in [2.75, 3.05) is 13.2 Å². The zero-order valence-corrected chi connectivity index (χ0v) is 11.8. The van der Waals surface area contributed by atoms with Crippen molar-refractivity contribution < 1.29 is 14.3 Å². The van der Waals surface area contributed by atoms with Crippen molar-refractivity contribution in [3.05, 3.63) is 59.7 Å². The number of para-hydroxylation sites is 1. The van der Waals surface area contributed by atoms with Crippen molar-refractivity contribution in [1.82, 2.24) is 0 Å². The Kier molecular flexibility index (Phi) is 4.77. The number of ketones is 1. The Labute approximate surface area is 119 Å². The molecule has 0 aliphatic carbocycles. The van der Waals surface area contributed by atoms with E-state index in [0.29, 0.717) is 23.7 Å². The van der Waals surface area contributed by atoms with E-state index in [1.165, 1.54) is 0 Å². The lowest BCUT2D eigenvalue weighted by Gasteiger charge is -2.10. The summed E-state index contributed by atoms with van der Waals surface area (Å²) >= 11 is 0. The molecular formula is C17H18O3. The molecule has 0 aliphatic rings. The Hall–Kier alpha value is -2.29. The van der Waals surface area contributed by atoms with Crippen LogP contribution in [0.1, 0.15) is 22.8 Å². The molecule has 3 heteroatoms. The maximum absolute atomic E-state index is 12.2. The zero-order valence-electron chi connectivity index (χ0n) is 11.8. The minimum absolute atomic E-state index is 0.00748. The van der Waals surface area contributed by atoms with E-state index in [-0.39, 0.29) is 12.4 Å². The molecule has 0 N–H and O–H groups in total. The normalized spacial score (nSPS) is 10.1. The van der Waals surface area contributed by atoms with Gasteiger partial charge in [0.25, 0.3) is 0 Å². The van der Waals surface area contributed by atoms with E-state index < -0.39 is 0 Å². The monoisotopic (exact) mass is 270 g/mol. The standard InChI is InChI=1S/C17H18O3/c1-3-19-17-10-5-4-9-15(17)16(18)12-20-14-8-6-7-13(2)11-14/h4-11H,3,12H2,1-2H3. The number of ether oxygens (including phenoxy) is 2. The van der Waals surface area contributed by atoms with Crippen LogP contribution in [0.25, 0.3) is 0 Å². The van der Waals surface area contributed by atoms with Crippen molar-refractivity contribution in [1.29, 1.82) is 0 Å². The maximum atomic E-state index is 12.2. The summed E-state index contributed by atoms with van der Waals surface area (Å²) in [6, 6.07) is 14.9. The molecular weight excluding hydrogens is 252 g/mol. The Morgan fingerprint density at radius 1 is 1.05 bits per heavy atom. The van der Waals surface area contributed by atoms with Crippen molar-refractivity contribution in [3.63, 3.8) is 0 Å². The molecule has 0 unspecified atom stereocenters. The highest BCUT2D eigenvalue weighted by Crippen LogP contribution is 2.19. The largest absolute Gasteiger partial charge is 0.493 e. The summed E-state index contributed by atoms with van der Waals surface area (Å²) in [5, 5.41) is 0. The highest BCUT2D eigenvalue weighted by atomic mass is 16.5. The van der Waals surface area contributed by atoms with E-state index >= 15 is 0 Å². The van der Waals surface area contributed by atoms with Crippen molar-refractivity contribution in [2.45, 2.75) is 13.8 Å². The smallest absolute Gasteiger partial charge is 0.203 e. The van der Waals surface area contributed by atoms with E-state index in [2.05, 4.69) is 0 Å². The average Bonchev–Trinajstić information content (AvgIpc) is 2.46.